The fourth-order valence-corrected chi connectivity index (χ4v) is 7.61. The van der Waals surface area contributed by atoms with E-state index in [9.17, 15) is 18.0 Å². The summed E-state index contributed by atoms with van der Waals surface area (Å²) < 4.78 is 35.0. The normalized spacial score (nSPS) is 15.5. The van der Waals surface area contributed by atoms with Crippen LogP contribution in [0.3, 0.4) is 0 Å². The molecule has 1 atom stereocenters. The van der Waals surface area contributed by atoms with Gasteiger partial charge in [0.25, 0.3) is 10.0 Å². The Morgan fingerprint density at radius 1 is 1.10 bits per heavy atom. The highest BCUT2D eigenvalue weighted by molar-refractivity contribution is 7.91. The second kappa shape index (κ2) is 12.3. The van der Waals surface area contributed by atoms with Crippen molar-refractivity contribution in [3.8, 4) is 28.8 Å². The van der Waals surface area contributed by atoms with E-state index in [-0.39, 0.29) is 10.1 Å². The van der Waals surface area contributed by atoms with Gasteiger partial charge in [0, 0.05) is 43.5 Å². The molecule has 2 aromatic heterocycles. The summed E-state index contributed by atoms with van der Waals surface area (Å²) in [6.45, 7) is 3.62. The largest absolute Gasteiger partial charge is 0.426 e. The highest BCUT2D eigenvalue weighted by atomic mass is 32.2. The van der Waals surface area contributed by atoms with Gasteiger partial charge in [-0.05, 0) is 67.6 Å². The third-order valence-electron chi connectivity index (χ3n) is 6.78. The number of carbonyl (C=O) groups is 2. The average molecular weight is 603 g/mol. The SMILES string of the molecule is CC(=O)Oc1ccc(C)cc1-c1nn(C)cc1C#Cc1ccc(NC(=O)C2CCCCN2S(=O)(=O)c2cccs2)cc1. The van der Waals surface area contributed by atoms with Crippen molar-refractivity contribution >= 4 is 38.9 Å². The Kier molecular flexibility index (Phi) is 8.59. The number of hydrogen-bond donors (Lipinski definition) is 1. The van der Waals surface area contributed by atoms with E-state index in [1.54, 1.807) is 65.8 Å². The van der Waals surface area contributed by atoms with E-state index in [1.165, 1.54) is 11.2 Å². The highest BCUT2D eigenvalue weighted by Crippen LogP contribution is 2.32. The number of amides is 1. The van der Waals surface area contributed by atoms with Gasteiger partial charge in [-0.15, -0.1) is 11.3 Å². The molecule has 5 rings (SSSR count). The molecule has 1 saturated heterocycles. The molecule has 1 aliphatic rings. The van der Waals surface area contributed by atoms with Gasteiger partial charge in [0.15, 0.2) is 0 Å². The van der Waals surface area contributed by atoms with Crippen LogP contribution < -0.4 is 10.1 Å². The maximum atomic E-state index is 13.2. The molecule has 1 fully saturated rings. The Labute approximate surface area is 249 Å². The maximum Gasteiger partial charge on any atom is 0.308 e. The minimum Gasteiger partial charge on any atom is -0.426 e. The lowest BCUT2D eigenvalue weighted by molar-refractivity contribution is -0.131. The van der Waals surface area contributed by atoms with Crippen LogP contribution in [0.2, 0.25) is 0 Å². The van der Waals surface area contributed by atoms with Crippen LogP contribution in [0.4, 0.5) is 5.69 Å². The molecule has 0 saturated carbocycles. The average Bonchev–Trinajstić information content (AvgIpc) is 3.64. The molecule has 4 aromatic rings. The molecule has 0 spiro atoms. The number of hydrogen-bond acceptors (Lipinski definition) is 7. The van der Waals surface area contributed by atoms with E-state index in [1.807, 2.05) is 19.1 Å². The second-order valence-corrected chi connectivity index (χ2v) is 13.1. The lowest BCUT2D eigenvalue weighted by Gasteiger charge is -2.33. The third kappa shape index (κ3) is 6.46. The van der Waals surface area contributed by atoms with Gasteiger partial charge in [-0.3, -0.25) is 14.3 Å². The number of thiophene rings is 1. The molecule has 0 radical (unpaired) electrons. The van der Waals surface area contributed by atoms with E-state index < -0.39 is 22.0 Å². The number of rotatable bonds is 6. The van der Waals surface area contributed by atoms with E-state index in [0.29, 0.717) is 46.8 Å². The third-order valence-corrected chi connectivity index (χ3v) is 10.1. The van der Waals surface area contributed by atoms with Gasteiger partial charge in [-0.2, -0.15) is 9.40 Å². The first-order chi connectivity index (χ1) is 20.1. The fourth-order valence-electron chi connectivity index (χ4n) is 4.83. The molecular formula is C31H30N4O5S2. The fraction of sp³-hybridized carbons (Fsp3) is 0.258. The Hall–Kier alpha value is -4.24. The van der Waals surface area contributed by atoms with E-state index in [2.05, 4.69) is 22.3 Å². The number of anilines is 1. The van der Waals surface area contributed by atoms with Crippen molar-refractivity contribution in [2.24, 2.45) is 7.05 Å². The summed E-state index contributed by atoms with van der Waals surface area (Å²) in [5.41, 5.74) is 4.19. The minimum atomic E-state index is -3.74. The summed E-state index contributed by atoms with van der Waals surface area (Å²) in [5.74, 6) is 5.94. The molecule has 1 aliphatic heterocycles. The van der Waals surface area contributed by atoms with Crippen LogP contribution in [-0.2, 0) is 26.7 Å². The van der Waals surface area contributed by atoms with Gasteiger partial charge in [-0.1, -0.05) is 36.0 Å². The molecule has 216 valence electrons. The first-order valence-electron chi connectivity index (χ1n) is 13.4. The van der Waals surface area contributed by atoms with Gasteiger partial charge in [0.05, 0.1) is 5.56 Å². The topological polar surface area (TPSA) is 111 Å². The minimum absolute atomic E-state index is 0.243. The monoisotopic (exact) mass is 602 g/mol. The van der Waals surface area contributed by atoms with Gasteiger partial charge in [0.1, 0.15) is 21.7 Å². The molecule has 2 aromatic carbocycles. The molecule has 3 heterocycles. The number of aromatic nitrogens is 2. The smallest absolute Gasteiger partial charge is 0.308 e. The lowest BCUT2D eigenvalue weighted by Crippen LogP contribution is -2.49. The Morgan fingerprint density at radius 2 is 1.88 bits per heavy atom. The van der Waals surface area contributed by atoms with Gasteiger partial charge in [0.2, 0.25) is 5.91 Å². The van der Waals surface area contributed by atoms with Crippen molar-refractivity contribution in [2.75, 3.05) is 11.9 Å². The highest BCUT2D eigenvalue weighted by Gasteiger charge is 2.38. The Bertz CT molecular complexity index is 1780. The predicted octanol–water partition coefficient (Wildman–Crippen LogP) is 4.96. The van der Waals surface area contributed by atoms with Crippen molar-refractivity contribution < 1.29 is 22.7 Å². The number of esters is 1. The molecule has 1 N–H and O–H groups in total. The van der Waals surface area contributed by atoms with Gasteiger partial charge >= 0.3 is 5.97 Å². The molecule has 1 amide bonds. The van der Waals surface area contributed by atoms with Crippen LogP contribution in [-0.4, -0.2) is 47.0 Å². The van der Waals surface area contributed by atoms with Gasteiger partial charge in [-0.25, -0.2) is 8.42 Å². The Balaban J connectivity index is 1.33. The molecule has 9 nitrogen and oxygen atoms in total. The van der Waals surface area contributed by atoms with Crippen molar-refractivity contribution in [1.82, 2.24) is 14.1 Å². The van der Waals surface area contributed by atoms with Crippen molar-refractivity contribution in [3.05, 3.63) is 82.9 Å². The summed E-state index contributed by atoms with van der Waals surface area (Å²) in [5, 5.41) is 9.16. The number of sulfonamides is 1. The van der Waals surface area contributed by atoms with Crippen LogP contribution in [0, 0.1) is 18.8 Å². The molecule has 11 heteroatoms. The van der Waals surface area contributed by atoms with Crippen LogP contribution in [0.1, 0.15) is 42.9 Å². The number of nitrogens with zero attached hydrogens (tertiary/aromatic N) is 3. The zero-order valence-corrected chi connectivity index (χ0v) is 25.1. The molecular weight excluding hydrogens is 572 g/mol. The van der Waals surface area contributed by atoms with Crippen molar-refractivity contribution in [1.29, 1.82) is 0 Å². The summed E-state index contributed by atoms with van der Waals surface area (Å²) >= 11 is 1.15. The lowest BCUT2D eigenvalue weighted by atomic mass is 10.0. The zero-order valence-electron chi connectivity index (χ0n) is 23.5. The standard InChI is InChI=1S/C31H30N4O5S2/c1-21-9-16-28(40-22(2)36)26(19-21)30-24(20-34(3)33-30)13-10-23-11-14-25(15-12-23)32-31(37)27-7-4-5-17-35(27)42(38,39)29-8-6-18-41-29/h6,8-9,11-12,14-16,18-20,27H,4-5,7,17H2,1-3H3,(H,32,37). The van der Waals surface area contributed by atoms with E-state index >= 15 is 0 Å². The maximum absolute atomic E-state index is 13.2. The number of aryl methyl sites for hydroxylation is 2. The number of benzene rings is 2. The first-order valence-corrected chi connectivity index (χ1v) is 15.7. The van der Waals surface area contributed by atoms with E-state index in [0.717, 1.165) is 29.7 Å². The van der Waals surface area contributed by atoms with E-state index in [4.69, 9.17) is 4.74 Å². The van der Waals surface area contributed by atoms with Crippen molar-refractivity contribution in [3.63, 3.8) is 0 Å². The zero-order chi connectivity index (χ0) is 29.9. The number of nitrogens with one attached hydrogen (secondary N) is 1. The summed E-state index contributed by atoms with van der Waals surface area (Å²) in [6, 6.07) is 15.1. The van der Waals surface area contributed by atoms with Crippen LogP contribution in [0.15, 0.2) is 70.4 Å². The van der Waals surface area contributed by atoms with Crippen LogP contribution in [0.25, 0.3) is 11.3 Å². The van der Waals surface area contributed by atoms with Crippen LogP contribution >= 0.6 is 11.3 Å². The predicted molar refractivity (Wildman–Crippen MR) is 162 cm³/mol. The number of ether oxygens (including phenoxy) is 1. The second-order valence-electron chi connectivity index (χ2n) is 10.0. The van der Waals surface area contributed by atoms with Crippen LogP contribution in [0.5, 0.6) is 5.75 Å². The first kappa shape index (κ1) is 29.3. The molecule has 1 unspecified atom stereocenters. The summed E-state index contributed by atoms with van der Waals surface area (Å²) in [6.07, 6.45) is 3.77. The number of piperidine rings is 1. The van der Waals surface area contributed by atoms with Gasteiger partial charge < -0.3 is 10.1 Å². The number of carbonyl (C=O) groups excluding carboxylic acids is 2. The molecule has 0 bridgehead atoms. The molecule has 42 heavy (non-hydrogen) atoms. The molecule has 0 aliphatic carbocycles. The summed E-state index contributed by atoms with van der Waals surface area (Å²) in [7, 11) is -1.94. The summed E-state index contributed by atoms with van der Waals surface area (Å²) in [4.78, 5) is 24.8. The van der Waals surface area contributed by atoms with Crippen molar-refractivity contribution in [2.45, 2.75) is 43.4 Å². The Morgan fingerprint density at radius 3 is 2.60 bits per heavy atom. The quantitative estimate of drug-likeness (QED) is 0.190.